The van der Waals surface area contributed by atoms with Crippen molar-refractivity contribution in [3.8, 4) is 0 Å². The summed E-state index contributed by atoms with van der Waals surface area (Å²) >= 11 is 0. The maximum atomic E-state index is 13.3. The molecule has 0 heterocycles. The van der Waals surface area contributed by atoms with Crippen LogP contribution in [0.2, 0.25) is 0 Å². The Morgan fingerprint density at radius 3 is 2.79 bits per heavy atom. The highest BCUT2D eigenvalue weighted by Crippen LogP contribution is 2.09. The van der Waals surface area contributed by atoms with Crippen LogP contribution in [-0.2, 0) is 16.1 Å². The third-order valence-corrected chi connectivity index (χ3v) is 2.64. The number of esters is 1. The lowest BCUT2D eigenvalue weighted by Crippen LogP contribution is -2.16. The number of carbonyl (C=O) groups excluding carboxylic acids is 1. The molecule has 0 fully saturated rings. The van der Waals surface area contributed by atoms with Gasteiger partial charge in [0.1, 0.15) is 11.6 Å². The summed E-state index contributed by atoms with van der Waals surface area (Å²) in [6, 6.07) is 3.31. The minimum Gasteiger partial charge on any atom is -0.466 e. The average Bonchev–Trinajstić information content (AvgIpc) is 2.41. The van der Waals surface area contributed by atoms with Crippen LogP contribution in [0.15, 0.2) is 29.8 Å². The van der Waals surface area contributed by atoms with Crippen molar-refractivity contribution in [1.29, 1.82) is 0 Å². The molecular formula is C14H17F2NO2. The third kappa shape index (κ3) is 4.79. The van der Waals surface area contributed by atoms with Gasteiger partial charge in [-0.3, -0.25) is 0 Å². The minimum absolute atomic E-state index is 0.193. The van der Waals surface area contributed by atoms with Crippen molar-refractivity contribution >= 4 is 5.97 Å². The molecule has 0 aromatic heterocycles. The van der Waals surface area contributed by atoms with E-state index in [-0.39, 0.29) is 18.1 Å². The highest BCUT2D eigenvalue weighted by atomic mass is 19.1. The first-order valence-electron chi connectivity index (χ1n) is 6.00. The number of methoxy groups -OCH3 is 1. The number of ether oxygens (including phenoxy) is 1. The molecule has 104 valence electrons. The van der Waals surface area contributed by atoms with Crippen LogP contribution in [0, 0.1) is 11.6 Å². The second-order valence-electron chi connectivity index (χ2n) is 3.94. The zero-order valence-electron chi connectivity index (χ0n) is 11.0. The summed E-state index contributed by atoms with van der Waals surface area (Å²) in [6.07, 6.45) is 2.24. The van der Waals surface area contributed by atoms with Crippen LogP contribution in [-0.4, -0.2) is 19.6 Å². The lowest BCUT2D eigenvalue weighted by atomic mass is 10.2. The van der Waals surface area contributed by atoms with E-state index < -0.39 is 11.6 Å². The number of rotatable bonds is 6. The van der Waals surface area contributed by atoms with Gasteiger partial charge in [0.2, 0.25) is 0 Å². The summed E-state index contributed by atoms with van der Waals surface area (Å²) in [5, 5.41) is 2.92. The Balaban J connectivity index is 2.52. The van der Waals surface area contributed by atoms with E-state index in [1.54, 1.807) is 6.08 Å². The van der Waals surface area contributed by atoms with E-state index in [1.165, 1.54) is 7.11 Å². The maximum absolute atomic E-state index is 13.3. The van der Waals surface area contributed by atoms with Gasteiger partial charge in [0.05, 0.1) is 7.11 Å². The van der Waals surface area contributed by atoms with Gasteiger partial charge in [-0.1, -0.05) is 13.0 Å². The Morgan fingerprint density at radius 2 is 2.16 bits per heavy atom. The molecule has 0 saturated carbocycles. The van der Waals surface area contributed by atoms with Crippen molar-refractivity contribution in [3.05, 3.63) is 47.0 Å². The first-order chi connectivity index (χ1) is 9.08. The van der Waals surface area contributed by atoms with Crippen LogP contribution in [0.5, 0.6) is 0 Å². The fourth-order valence-electron chi connectivity index (χ4n) is 1.58. The Hall–Kier alpha value is -1.75. The summed E-state index contributed by atoms with van der Waals surface area (Å²) in [7, 11) is 1.32. The van der Waals surface area contributed by atoms with Crippen molar-refractivity contribution in [2.45, 2.75) is 19.9 Å². The fraction of sp³-hybridized carbons (Fsp3) is 0.357. The Labute approximate surface area is 111 Å². The summed E-state index contributed by atoms with van der Waals surface area (Å²) in [6.45, 7) is 2.42. The molecule has 5 heteroatoms. The smallest absolute Gasteiger partial charge is 0.333 e. The van der Waals surface area contributed by atoms with Crippen LogP contribution in [0.3, 0.4) is 0 Å². The fourth-order valence-corrected chi connectivity index (χ4v) is 1.58. The van der Waals surface area contributed by atoms with Crippen molar-refractivity contribution in [3.63, 3.8) is 0 Å². The van der Waals surface area contributed by atoms with Gasteiger partial charge >= 0.3 is 5.97 Å². The molecule has 0 aliphatic carbocycles. The number of nitrogens with one attached hydrogen (secondary N) is 1. The molecule has 0 aliphatic rings. The molecule has 0 bridgehead atoms. The quantitative estimate of drug-likeness (QED) is 0.490. The molecule has 0 atom stereocenters. The topological polar surface area (TPSA) is 38.3 Å². The second-order valence-corrected chi connectivity index (χ2v) is 3.94. The molecule has 19 heavy (non-hydrogen) atoms. The standard InChI is InChI=1S/C14H17F2NO2/c1-3-10(14(18)19-2)6-7-17-9-11-8-12(15)4-5-13(11)16/h4-6,8,17H,3,7,9H2,1-2H3/b10-6-. The van der Waals surface area contributed by atoms with Gasteiger partial charge in [-0.2, -0.15) is 0 Å². The van der Waals surface area contributed by atoms with Gasteiger partial charge in [0, 0.05) is 24.2 Å². The van der Waals surface area contributed by atoms with Gasteiger partial charge in [-0.25, -0.2) is 13.6 Å². The van der Waals surface area contributed by atoms with Gasteiger partial charge in [0.25, 0.3) is 0 Å². The highest BCUT2D eigenvalue weighted by Gasteiger charge is 2.06. The second kappa shape index (κ2) is 7.63. The summed E-state index contributed by atoms with van der Waals surface area (Å²) in [4.78, 5) is 11.3. The molecule has 0 saturated heterocycles. The van der Waals surface area contributed by atoms with Gasteiger partial charge in [-0.05, 0) is 24.6 Å². The van der Waals surface area contributed by atoms with Crippen molar-refractivity contribution < 1.29 is 18.3 Å². The Morgan fingerprint density at radius 1 is 1.42 bits per heavy atom. The van der Waals surface area contributed by atoms with Crippen LogP contribution in [0.1, 0.15) is 18.9 Å². The largest absolute Gasteiger partial charge is 0.466 e. The lowest BCUT2D eigenvalue weighted by Gasteiger charge is -2.05. The van der Waals surface area contributed by atoms with E-state index in [0.717, 1.165) is 18.2 Å². The van der Waals surface area contributed by atoms with Gasteiger partial charge < -0.3 is 10.1 Å². The minimum atomic E-state index is -0.474. The van der Waals surface area contributed by atoms with E-state index >= 15 is 0 Å². The van der Waals surface area contributed by atoms with E-state index in [4.69, 9.17) is 0 Å². The van der Waals surface area contributed by atoms with Gasteiger partial charge in [-0.15, -0.1) is 0 Å². The number of hydrogen-bond acceptors (Lipinski definition) is 3. The van der Waals surface area contributed by atoms with Crippen molar-refractivity contribution in [2.75, 3.05) is 13.7 Å². The molecule has 1 rings (SSSR count). The van der Waals surface area contributed by atoms with Gasteiger partial charge in [0.15, 0.2) is 0 Å². The number of halogens is 2. The first kappa shape index (κ1) is 15.3. The molecule has 0 spiro atoms. The predicted octanol–water partition coefficient (Wildman–Crippen LogP) is 2.56. The van der Waals surface area contributed by atoms with E-state index in [0.29, 0.717) is 18.5 Å². The van der Waals surface area contributed by atoms with Crippen LogP contribution < -0.4 is 5.32 Å². The predicted molar refractivity (Wildman–Crippen MR) is 68.5 cm³/mol. The zero-order valence-corrected chi connectivity index (χ0v) is 11.0. The number of hydrogen-bond donors (Lipinski definition) is 1. The summed E-state index contributed by atoms with van der Waals surface area (Å²) < 4.78 is 30.8. The number of carbonyl (C=O) groups is 1. The molecule has 0 amide bonds. The molecule has 0 aliphatic heterocycles. The SMILES string of the molecule is CC/C(=C/CNCc1cc(F)ccc1F)C(=O)OC. The number of benzene rings is 1. The molecule has 1 N–H and O–H groups in total. The highest BCUT2D eigenvalue weighted by molar-refractivity contribution is 5.88. The first-order valence-corrected chi connectivity index (χ1v) is 6.00. The maximum Gasteiger partial charge on any atom is 0.333 e. The third-order valence-electron chi connectivity index (χ3n) is 2.64. The molecule has 1 aromatic rings. The molecule has 1 aromatic carbocycles. The normalized spacial score (nSPS) is 11.5. The molecule has 0 unspecified atom stereocenters. The Kier molecular flexibility index (Phi) is 6.15. The van der Waals surface area contributed by atoms with Crippen LogP contribution in [0.4, 0.5) is 8.78 Å². The van der Waals surface area contributed by atoms with Crippen molar-refractivity contribution in [2.24, 2.45) is 0 Å². The monoisotopic (exact) mass is 269 g/mol. The molecule has 0 radical (unpaired) electrons. The zero-order chi connectivity index (χ0) is 14.3. The van der Waals surface area contributed by atoms with E-state index in [1.807, 2.05) is 6.92 Å². The van der Waals surface area contributed by atoms with Crippen LogP contribution in [0.25, 0.3) is 0 Å². The summed E-state index contributed by atoms with van der Waals surface area (Å²) in [5.41, 5.74) is 0.805. The molecule has 3 nitrogen and oxygen atoms in total. The molecular weight excluding hydrogens is 252 g/mol. The Bertz CT molecular complexity index is 473. The summed E-state index contributed by atoms with van der Waals surface area (Å²) in [5.74, 6) is -1.31. The van der Waals surface area contributed by atoms with E-state index in [9.17, 15) is 13.6 Å². The average molecular weight is 269 g/mol. The van der Waals surface area contributed by atoms with E-state index in [2.05, 4.69) is 10.1 Å². The van der Waals surface area contributed by atoms with Crippen molar-refractivity contribution in [1.82, 2.24) is 5.32 Å². The lowest BCUT2D eigenvalue weighted by molar-refractivity contribution is -0.136. The van der Waals surface area contributed by atoms with Crippen LogP contribution >= 0.6 is 0 Å².